The molecule has 3 nitrogen and oxygen atoms in total. The Morgan fingerprint density at radius 1 is 0.550 bits per heavy atom. The van der Waals surface area contributed by atoms with Crippen LogP contribution in [0.4, 0.5) is 0 Å². The zero-order valence-corrected chi connectivity index (χ0v) is 24.5. The van der Waals surface area contributed by atoms with Gasteiger partial charge in [-0.25, -0.2) is 0 Å². The van der Waals surface area contributed by atoms with Gasteiger partial charge in [-0.05, 0) is 111 Å². The van der Waals surface area contributed by atoms with Crippen LogP contribution < -0.4 is 4.67 Å². The predicted octanol–water partition coefficient (Wildman–Crippen LogP) is 10.5. The molecule has 2 aliphatic rings. The van der Waals surface area contributed by atoms with Crippen molar-refractivity contribution in [2.24, 2.45) is 0 Å². The van der Waals surface area contributed by atoms with E-state index in [1.54, 1.807) is 0 Å². The van der Waals surface area contributed by atoms with Gasteiger partial charge < -0.3 is 8.39 Å². The van der Waals surface area contributed by atoms with E-state index < -0.39 is 8.16 Å². The van der Waals surface area contributed by atoms with Gasteiger partial charge in [0.25, 0.3) is 0 Å². The van der Waals surface area contributed by atoms with E-state index in [-0.39, 0.29) is 12.1 Å². The van der Waals surface area contributed by atoms with Crippen molar-refractivity contribution >= 4 is 30.1 Å². The third kappa shape index (κ3) is 4.60. The predicted molar refractivity (Wildman–Crippen MR) is 168 cm³/mol. The molecule has 0 amide bonds. The van der Waals surface area contributed by atoms with Crippen LogP contribution >= 0.6 is 8.16 Å². The van der Waals surface area contributed by atoms with Gasteiger partial charge in [0, 0.05) is 22.9 Å². The van der Waals surface area contributed by atoms with E-state index in [9.17, 15) is 0 Å². The monoisotopic (exact) mass is 547 g/mol. The Balaban J connectivity index is 1.54. The van der Waals surface area contributed by atoms with Crippen LogP contribution in [0.2, 0.25) is 0 Å². The first kappa shape index (κ1) is 25.7. The van der Waals surface area contributed by atoms with Gasteiger partial charge in [0.1, 0.15) is 11.2 Å². The molecule has 7 rings (SSSR count). The van der Waals surface area contributed by atoms with Crippen molar-refractivity contribution in [3.05, 3.63) is 118 Å². The highest BCUT2D eigenvalue weighted by molar-refractivity contribution is 7.39. The maximum Gasteiger partial charge on any atom is 0.310 e. The number of benzene rings is 4. The summed E-state index contributed by atoms with van der Waals surface area (Å²) in [6, 6.07) is 30.9. The fourth-order valence-corrected chi connectivity index (χ4v) is 8.68. The average Bonchev–Trinajstić information content (AvgIpc) is 3.19. The summed E-state index contributed by atoms with van der Waals surface area (Å²) in [6.45, 7) is 4.58. The SMILES string of the molecule is C[C@H](c1ccccc1)N([C@H](C)c1ccccc1)p1oc2ccc3c(c2c2c4c(ccc2o1)CCCC4)CCCC3. The van der Waals surface area contributed by atoms with Crippen molar-refractivity contribution < 1.29 is 8.39 Å². The molecule has 0 fully saturated rings. The first-order valence-electron chi connectivity index (χ1n) is 15.0. The van der Waals surface area contributed by atoms with Crippen LogP contribution in [0.5, 0.6) is 0 Å². The number of aryl methyl sites for hydroxylation is 4. The fraction of sp³-hybridized carbons (Fsp3) is 0.333. The average molecular weight is 548 g/mol. The summed E-state index contributed by atoms with van der Waals surface area (Å²) in [5.41, 5.74) is 10.5. The Morgan fingerprint density at radius 3 is 1.43 bits per heavy atom. The first-order chi connectivity index (χ1) is 19.7. The zero-order chi connectivity index (χ0) is 27.1. The summed E-state index contributed by atoms with van der Waals surface area (Å²) in [6.07, 6.45) is 9.58. The quantitative estimate of drug-likeness (QED) is 0.219. The zero-order valence-electron chi connectivity index (χ0n) is 23.6. The normalized spacial score (nSPS) is 16.5. The Hall–Kier alpha value is -3.26. The summed E-state index contributed by atoms with van der Waals surface area (Å²) < 4.78 is 16.7. The molecule has 1 aromatic heterocycles. The van der Waals surface area contributed by atoms with Crippen LogP contribution in [0.1, 0.15) is 85.0 Å². The molecule has 4 heteroatoms. The van der Waals surface area contributed by atoms with Gasteiger partial charge >= 0.3 is 8.16 Å². The smallest absolute Gasteiger partial charge is 0.310 e. The van der Waals surface area contributed by atoms with Gasteiger partial charge in [-0.2, -0.15) is 4.67 Å². The minimum absolute atomic E-state index is 0.0998. The van der Waals surface area contributed by atoms with Gasteiger partial charge in [-0.15, -0.1) is 0 Å². The van der Waals surface area contributed by atoms with Gasteiger partial charge in [0.05, 0.1) is 0 Å². The highest BCUT2D eigenvalue weighted by atomic mass is 31.1. The molecule has 4 aromatic carbocycles. The fourth-order valence-electron chi connectivity index (χ4n) is 6.98. The number of hydrogen-bond donors (Lipinski definition) is 0. The molecule has 0 unspecified atom stereocenters. The molecule has 0 N–H and O–H groups in total. The maximum absolute atomic E-state index is 7.11. The Kier molecular flexibility index (Phi) is 7.04. The van der Waals surface area contributed by atoms with E-state index in [4.69, 9.17) is 8.39 Å². The van der Waals surface area contributed by atoms with E-state index in [2.05, 4.69) is 103 Å². The van der Waals surface area contributed by atoms with E-state index in [0.717, 1.165) is 36.8 Å². The lowest BCUT2D eigenvalue weighted by Crippen LogP contribution is -2.27. The lowest BCUT2D eigenvalue weighted by molar-refractivity contribution is 0.558. The second-order valence-corrected chi connectivity index (χ2v) is 12.8. The van der Waals surface area contributed by atoms with Gasteiger partial charge in [-0.3, -0.25) is 0 Å². The van der Waals surface area contributed by atoms with Crippen LogP contribution in [0.3, 0.4) is 0 Å². The molecule has 2 aliphatic carbocycles. The molecular formula is C36H38NO2P. The standard InChI is InChI=1S/C36H38NO2P/c1-25(27-13-5-3-6-14-27)37(26(2)28-15-7-4-8-16-28)40-38-33-23-21-29-17-9-11-19-31(29)35(33)36-32-20-12-10-18-30(32)22-24-34(36)39-40/h3-8,13-16,21-26H,9-12,17-20H2,1-2H3/t25-,26-/m1/s1. The molecule has 0 saturated heterocycles. The first-order valence-corrected chi connectivity index (χ1v) is 16.2. The second-order valence-electron chi connectivity index (χ2n) is 11.5. The molecule has 5 aromatic rings. The molecule has 1 heterocycles. The van der Waals surface area contributed by atoms with E-state index in [0.29, 0.717) is 0 Å². The van der Waals surface area contributed by atoms with Gasteiger partial charge in [0.2, 0.25) is 0 Å². The van der Waals surface area contributed by atoms with Crippen LogP contribution in [0.25, 0.3) is 21.9 Å². The number of fused-ring (bicyclic) bond motifs is 7. The van der Waals surface area contributed by atoms with Crippen LogP contribution in [0.15, 0.2) is 93.3 Å². The van der Waals surface area contributed by atoms with Crippen molar-refractivity contribution in [1.29, 1.82) is 0 Å². The van der Waals surface area contributed by atoms with Crippen LogP contribution in [-0.4, -0.2) is 0 Å². The maximum atomic E-state index is 7.11. The van der Waals surface area contributed by atoms with E-state index in [1.165, 1.54) is 69.8 Å². The molecule has 0 aliphatic heterocycles. The molecule has 0 radical (unpaired) electrons. The summed E-state index contributed by atoms with van der Waals surface area (Å²) >= 11 is 0. The van der Waals surface area contributed by atoms with Crippen LogP contribution in [0, 0.1) is 0 Å². The lowest BCUT2D eigenvalue weighted by Gasteiger charge is -2.31. The second kappa shape index (κ2) is 11.0. The number of hydrogen-bond acceptors (Lipinski definition) is 3. The van der Waals surface area contributed by atoms with Crippen molar-refractivity contribution in [2.45, 2.75) is 77.3 Å². The molecule has 204 valence electrons. The Bertz CT molecular complexity index is 1570. The Morgan fingerprint density at radius 2 is 0.975 bits per heavy atom. The lowest BCUT2D eigenvalue weighted by atomic mass is 9.84. The molecule has 40 heavy (non-hydrogen) atoms. The van der Waals surface area contributed by atoms with Crippen molar-refractivity contribution in [3.63, 3.8) is 0 Å². The summed E-state index contributed by atoms with van der Waals surface area (Å²) in [5, 5.41) is 2.63. The molecular weight excluding hydrogens is 509 g/mol. The number of nitrogens with zero attached hydrogens (tertiary/aromatic N) is 1. The van der Waals surface area contributed by atoms with Crippen LogP contribution in [-0.2, 0) is 25.7 Å². The molecule has 2 atom stereocenters. The largest absolute Gasteiger partial charge is 0.408 e. The third-order valence-electron chi connectivity index (χ3n) is 9.14. The molecule has 0 spiro atoms. The summed E-state index contributed by atoms with van der Waals surface area (Å²) in [7, 11) is -1.45. The van der Waals surface area contributed by atoms with E-state index >= 15 is 0 Å². The number of rotatable bonds is 5. The Labute approximate surface area is 238 Å². The highest BCUT2D eigenvalue weighted by Gasteiger charge is 2.30. The molecule has 0 saturated carbocycles. The highest BCUT2D eigenvalue weighted by Crippen LogP contribution is 2.48. The minimum Gasteiger partial charge on any atom is -0.408 e. The summed E-state index contributed by atoms with van der Waals surface area (Å²) in [5.74, 6) is 0. The van der Waals surface area contributed by atoms with Gasteiger partial charge in [0.15, 0.2) is 0 Å². The topological polar surface area (TPSA) is 29.5 Å². The van der Waals surface area contributed by atoms with E-state index in [1.807, 2.05) is 0 Å². The third-order valence-corrected chi connectivity index (χ3v) is 10.9. The van der Waals surface area contributed by atoms with Crippen molar-refractivity contribution in [3.8, 4) is 0 Å². The minimum atomic E-state index is -1.45. The van der Waals surface area contributed by atoms with Gasteiger partial charge in [-0.1, -0.05) is 72.8 Å². The van der Waals surface area contributed by atoms with Crippen molar-refractivity contribution in [2.75, 3.05) is 4.67 Å². The molecule has 0 bridgehead atoms. The van der Waals surface area contributed by atoms with Crippen molar-refractivity contribution in [1.82, 2.24) is 0 Å². The summed E-state index contributed by atoms with van der Waals surface area (Å²) in [4.78, 5) is 0.